The lowest BCUT2D eigenvalue weighted by Gasteiger charge is -2.08. The van der Waals surface area contributed by atoms with Crippen molar-refractivity contribution in [2.45, 2.75) is 27.2 Å². The molecule has 0 aliphatic heterocycles. The molecule has 126 valence electrons. The first-order valence-electron chi connectivity index (χ1n) is 9.82. The fraction of sp³-hybridized carbons (Fsp3) is 0.214. The Bertz CT molecular complexity index is 1300. The quantitative estimate of drug-likeness (QED) is 0.527. The summed E-state index contributed by atoms with van der Waals surface area (Å²) in [6.45, 7) is -2.74. The second-order valence-electron chi connectivity index (χ2n) is 4.79. The molecule has 25 heavy (non-hydrogen) atoms. The number of tetrazole rings is 1. The van der Waals surface area contributed by atoms with E-state index < -0.39 is 30.5 Å². The van der Waals surface area contributed by atoms with Crippen LogP contribution in [0.4, 0.5) is 0 Å². The first-order chi connectivity index (χ1) is 14.6. The topological polar surface area (TPSA) is 100 Å². The van der Waals surface area contributed by atoms with Crippen molar-refractivity contribution in [2.24, 2.45) is 14.1 Å². The zero-order valence-electron chi connectivity index (χ0n) is 18.9. The average molecular weight is 377 g/mol. The van der Waals surface area contributed by atoms with Gasteiger partial charge in [-0.2, -0.15) is 0 Å². The van der Waals surface area contributed by atoms with Crippen LogP contribution in [-0.4, -0.2) is 44.9 Å². The van der Waals surface area contributed by atoms with Crippen LogP contribution in [0.1, 0.15) is 13.8 Å². The number of benzene rings is 1. The van der Waals surface area contributed by atoms with Gasteiger partial charge in [-0.05, 0) is 58.5 Å². The van der Waals surface area contributed by atoms with Gasteiger partial charge in [-0.25, -0.2) is 14.6 Å². The van der Waals surface area contributed by atoms with Crippen LogP contribution in [0, 0.1) is 6.85 Å². The van der Waals surface area contributed by atoms with E-state index in [0.717, 1.165) is 23.5 Å². The Kier molecular flexibility index (Phi) is 2.68. The van der Waals surface area contributed by atoms with Crippen LogP contribution in [0.2, 0.25) is 0 Å². The highest BCUT2D eigenvalue weighted by Crippen LogP contribution is 2.35. The Balaban J connectivity index is 1.98. The maximum Gasteiger partial charge on any atom is 0.215 e. The van der Waals surface area contributed by atoms with Gasteiger partial charge in [-0.3, -0.25) is 0 Å². The Morgan fingerprint density at radius 3 is 2.52 bits per heavy atom. The zero-order valence-corrected chi connectivity index (χ0v) is 14.6. The van der Waals surface area contributed by atoms with E-state index in [1.165, 1.54) is 11.0 Å². The van der Waals surface area contributed by atoms with Crippen molar-refractivity contribution in [1.29, 1.82) is 0 Å². The number of aromatic nitrogens is 9. The molecule has 4 rings (SSSR count). The molecule has 3 heterocycles. The summed E-state index contributed by atoms with van der Waals surface area (Å²) in [5.41, 5.74) is -0.674. The fourth-order valence-corrected chi connectivity index (χ4v) is 3.49. The molecule has 3 aromatic heterocycles. The summed E-state index contributed by atoms with van der Waals surface area (Å²) in [6.07, 6.45) is 1.51. The van der Waals surface area contributed by atoms with Crippen LogP contribution in [0.5, 0.6) is 0 Å². The lowest BCUT2D eigenvalue weighted by atomic mass is 10.2. The van der Waals surface area contributed by atoms with E-state index in [-0.39, 0.29) is 11.0 Å². The summed E-state index contributed by atoms with van der Waals surface area (Å²) in [5, 5.41) is 20.6. The number of hydrogen-bond donors (Lipinski definition) is 0. The smallest absolute Gasteiger partial charge is 0.215 e. The van der Waals surface area contributed by atoms with E-state index in [1.807, 2.05) is 0 Å². The van der Waals surface area contributed by atoms with Gasteiger partial charge in [0.1, 0.15) is 16.4 Å². The van der Waals surface area contributed by atoms with Crippen molar-refractivity contribution in [2.75, 3.05) is 0 Å². The molecule has 0 aliphatic carbocycles. The molecule has 0 spiro atoms. The van der Waals surface area contributed by atoms with Crippen molar-refractivity contribution in [3.05, 3.63) is 30.0 Å². The van der Waals surface area contributed by atoms with Gasteiger partial charge < -0.3 is 4.57 Å². The van der Waals surface area contributed by atoms with Crippen LogP contribution in [0.15, 0.2) is 44.8 Å². The van der Waals surface area contributed by atoms with Crippen molar-refractivity contribution in [1.82, 2.24) is 44.9 Å². The monoisotopic (exact) mass is 377 g/mol. The second-order valence-corrected chi connectivity index (χ2v) is 6.71. The van der Waals surface area contributed by atoms with Gasteiger partial charge >= 0.3 is 0 Å². The lowest BCUT2D eigenvalue weighted by Crippen LogP contribution is -1.98. The van der Waals surface area contributed by atoms with Gasteiger partial charge in [0.05, 0.1) is 15.1 Å². The van der Waals surface area contributed by atoms with Crippen LogP contribution in [0.25, 0.3) is 11.0 Å². The molecule has 0 bridgehead atoms. The number of hydrogen-bond acceptors (Lipinski definition) is 9. The molecule has 1 aromatic carbocycles. The summed E-state index contributed by atoms with van der Waals surface area (Å²) in [5.74, 6) is 0. The van der Waals surface area contributed by atoms with Crippen molar-refractivity contribution >= 4 is 34.6 Å². The number of fused-ring (bicyclic) bond motifs is 1. The maximum absolute atomic E-state index is 8.37. The number of nitrogens with zero attached hydrogens (tertiary/aromatic N) is 9. The van der Waals surface area contributed by atoms with E-state index in [0.29, 0.717) is 20.4 Å². The SMILES string of the molecule is [2H]c1c(C([2H])([2H])[2H])c([2H])c2nc(Sc3nncn3C)c(Sc3nnnn3C)nc2c1[2H]. The summed E-state index contributed by atoms with van der Waals surface area (Å²) < 4.78 is 50.9. The molecule has 0 fully saturated rings. The standard InChI is InChI=1S/C14H13N9S2/c1-8-4-5-9-10(6-8)17-12(24-13-18-15-7-22(13)2)11(16-9)25-14-19-20-21-23(14)3/h4-7H,1-3H3/i1D3,4D,5D,6D. The molecule has 11 heteroatoms. The fourth-order valence-electron chi connectivity index (χ4n) is 1.83. The van der Waals surface area contributed by atoms with Crippen molar-refractivity contribution in [3.8, 4) is 0 Å². The number of rotatable bonds is 4. The Morgan fingerprint density at radius 1 is 1.04 bits per heavy atom. The molecule has 0 unspecified atom stereocenters. The zero-order chi connectivity index (χ0) is 22.5. The summed E-state index contributed by atoms with van der Waals surface area (Å²) in [4.78, 5) is 8.90. The van der Waals surface area contributed by atoms with E-state index >= 15 is 0 Å². The Labute approximate surface area is 159 Å². The third-order valence-corrected chi connectivity index (χ3v) is 5.18. The van der Waals surface area contributed by atoms with Gasteiger partial charge in [0, 0.05) is 18.2 Å². The molecular weight excluding hydrogens is 358 g/mol. The van der Waals surface area contributed by atoms with Gasteiger partial charge in [0.2, 0.25) is 5.16 Å². The molecular formula is C14H13N9S2. The van der Waals surface area contributed by atoms with Crippen molar-refractivity contribution < 1.29 is 8.22 Å². The summed E-state index contributed by atoms with van der Waals surface area (Å²) in [7, 11) is 3.39. The molecule has 4 aromatic rings. The van der Waals surface area contributed by atoms with E-state index in [4.69, 9.17) is 8.22 Å². The molecule has 0 atom stereocenters. The van der Waals surface area contributed by atoms with Gasteiger partial charge in [-0.1, -0.05) is 6.04 Å². The minimum Gasteiger partial charge on any atom is -0.311 e. The van der Waals surface area contributed by atoms with Crippen molar-refractivity contribution in [3.63, 3.8) is 0 Å². The van der Waals surface area contributed by atoms with Crippen LogP contribution in [0.3, 0.4) is 0 Å². The summed E-state index contributed by atoms with van der Waals surface area (Å²) >= 11 is 2.19. The average Bonchev–Trinajstić information content (AvgIpc) is 3.28. The lowest BCUT2D eigenvalue weighted by molar-refractivity contribution is 0.663. The third-order valence-electron chi connectivity index (χ3n) is 3.01. The largest absolute Gasteiger partial charge is 0.311 e. The molecule has 0 saturated carbocycles. The maximum atomic E-state index is 8.37. The van der Waals surface area contributed by atoms with E-state index in [2.05, 4.69) is 35.7 Å². The Hall–Kier alpha value is -2.53. The minimum atomic E-state index is -2.74. The van der Waals surface area contributed by atoms with Gasteiger partial charge in [0.15, 0.2) is 5.16 Å². The van der Waals surface area contributed by atoms with Gasteiger partial charge in [0.25, 0.3) is 0 Å². The highest BCUT2D eigenvalue weighted by Gasteiger charge is 2.17. The minimum absolute atomic E-state index is 0.0528. The van der Waals surface area contributed by atoms with E-state index in [9.17, 15) is 0 Å². The normalized spacial score (nSPS) is 15.3. The third kappa shape index (κ3) is 3.20. The predicted molar refractivity (Wildman–Crippen MR) is 92.3 cm³/mol. The van der Waals surface area contributed by atoms with Crippen LogP contribution < -0.4 is 0 Å². The second kappa shape index (κ2) is 6.41. The molecule has 0 saturated heterocycles. The number of aryl methyl sites for hydroxylation is 2. The highest BCUT2D eigenvalue weighted by molar-refractivity contribution is 8.02. The van der Waals surface area contributed by atoms with E-state index in [1.54, 1.807) is 18.7 Å². The molecule has 0 amide bonds. The van der Waals surface area contributed by atoms with Crippen LogP contribution >= 0.6 is 23.5 Å². The first kappa shape index (κ1) is 10.5. The molecule has 9 nitrogen and oxygen atoms in total. The molecule has 0 aliphatic rings. The Morgan fingerprint density at radius 2 is 1.84 bits per heavy atom. The first-order valence-corrected chi connectivity index (χ1v) is 8.45. The van der Waals surface area contributed by atoms with Gasteiger partial charge in [-0.15, -0.1) is 15.3 Å². The van der Waals surface area contributed by atoms with Crippen LogP contribution in [-0.2, 0) is 14.1 Å². The predicted octanol–water partition coefficient (Wildman–Crippen LogP) is 1.89. The molecule has 0 radical (unpaired) electrons. The highest BCUT2D eigenvalue weighted by atomic mass is 32.2. The summed E-state index contributed by atoms with van der Waals surface area (Å²) in [6, 6.07) is -1.45. The molecule has 0 N–H and O–H groups in total.